The van der Waals surface area contributed by atoms with Crippen LogP contribution in [0.15, 0.2) is 42.5 Å². The predicted molar refractivity (Wildman–Crippen MR) is 76.0 cm³/mol. The fraction of sp³-hybridized carbons (Fsp3) is 0.176. The highest BCUT2D eigenvalue weighted by Crippen LogP contribution is 2.22. The quantitative estimate of drug-likeness (QED) is 0.840. The molecule has 0 spiro atoms. The van der Waals surface area contributed by atoms with Gasteiger partial charge in [-0.25, -0.2) is 8.78 Å². The zero-order valence-electron chi connectivity index (χ0n) is 11.6. The molecule has 0 aliphatic heterocycles. The lowest BCUT2D eigenvalue weighted by atomic mass is 9.96. The Balaban J connectivity index is 2.00. The van der Waals surface area contributed by atoms with Gasteiger partial charge >= 0.3 is 0 Å². The van der Waals surface area contributed by atoms with E-state index in [9.17, 15) is 14.0 Å². The maximum Gasteiger partial charge on any atom is 0.167 e. The van der Waals surface area contributed by atoms with E-state index in [0.717, 1.165) is 12.1 Å². The molecule has 0 saturated heterocycles. The zero-order valence-corrected chi connectivity index (χ0v) is 11.6. The van der Waals surface area contributed by atoms with Crippen LogP contribution in [-0.4, -0.2) is 6.61 Å². The lowest BCUT2D eigenvalue weighted by Crippen LogP contribution is -2.05. The standard InChI is InChI=1S/C17H12F2N2O/c18-15-4-5-17(16(19)9-15)22-7-6-14(11-21)13-3-1-2-12(8-13)10-20/h1-5,8-9,14H,6-7H2. The number of hydrogen-bond donors (Lipinski definition) is 0. The fourth-order valence-corrected chi connectivity index (χ4v) is 2.01. The molecule has 0 saturated carbocycles. The molecule has 5 heteroatoms. The number of halogens is 2. The smallest absolute Gasteiger partial charge is 0.167 e. The first-order valence-electron chi connectivity index (χ1n) is 6.61. The Labute approximate surface area is 127 Å². The summed E-state index contributed by atoms with van der Waals surface area (Å²) in [4.78, 5) is 0. The van der Waals surface area contributed by atoms with Crippen molar-refractivity contribution in [2.24, 2.45) is 0 Å². The van der Waals surface area contributed by atoms with E-state index in [2.05, 4.69) is 6.07 Å². The summed E-state index contributed by atoms with van der Waals surface area (Å²) in [6.07, 6.45) is 0.336. The van der Waals surface area contributed by atoms with Crippen molar-refractivity contribution in [3.05, 3.63) is 65.2 Å². The van der Waals surface area contributed by atoms with Gasteiger partial charge in [0.25, 0.3) is 0 Å². The molecule has 110 valence electrons. The van der Waals surface area contributed by atoms with Crippen molar-refractivity contribution in [3.63, 3.8) is 0 Å². The van der Waals surface area contributed by atoms with Crippen molar-refractivity contribution in [3.8, 4) is 17.9 Å². The minimum atomic E-state index is -0.778. The van der Waals surface area contributed by atoms with E-state index in [1.165, 1.54) is 6.07 Å². The van der Waals surface area contributed by atoms with Gasteiger partial charge in [-0.2, -0.15) is 10.5 Å². The molecule has 1 atom stereocenters. The monoisotopic (exact) mass is 298 g/mol. The van der Waals surface area contributed by atoms with Crippen LogP contribution in [0.2, 0.25) is 0 Å². The summed E-state index contributed by atoms with van der Waals surface area (Å²) >= 11 is 0. The molecular formula is C17H12F2N2O. The van der Waals surface area contributed by atoms with E-state index >= 15 is 0 Å². The molecule has 0 radical (unpaired) electrons. The molecule has 0 heterocycles. The van der Waals surface area contributed by atoms with Crippen molar-refractivity contribution in [2.75, 3.05) is 6.61 Å². The highest BCUT2D eigenvalue weighted by Gasteiger charge is 2.12. The van der Waals surface area contributed by atoms with Gasteiger partial charge in [0.05, 0.1) is 30.2 Å². The first kappa shape index (κ1) is 15.5. The average Bonchev–Trinajstić information content (AvgIpc) is 2.53. The Bertz CT molecular complexity index is 747. The molecule has 0 amide bonds. The van der Waals surface area contributed by atoms with Crippen molar-refractivity contribution in [2.45, 2.75) is 12.3 Å². The van der Waals surface area contributed by atoms with Crippen LogP contribution in [0.4, 0.5) is 8.78 Å². The first-order valence-corrected chi connectivity index (χ1v) is 6.61. The molecule has 2 rings (SSSR count). The first-order chi connectivity index (χ1) is 10.6. The van der Waals surface area contributed by atoms with E-state index in [1.54, 1.807) is 24.3 Å². The largest absolute Gasteiger partial charge is 0.490 e. The summed E-state index contributed by atoms with van der Waals surface area (Å²) in [5.41, 5.74) is 1.19. The maximum atomic E-state index is 13.4. The summed E-state index contributed by atoms with van der Waals surface area (Å²) in [6, 6.07) is 14.0. The van der Waals surface area contributed by atoms with Gasteiger partial charge in [-0.3, -0.25) is 0 Å². The Morgan fingerprint density at radius 1 is 1.09 bits per heavy atom. The van der Waals surface area contributed by atoms with Gasteiger partial charge < -0.3 is 4.74 Å². The Hall–Kier alpha value is -2.92. The molecule has 0 aliphatic carbocycles. The van der Waals surface area contributed by atoms with Crippen LogP contribution in [0, 0.1) is 34.3 Å². The number of nitriles is 2. The predicted octanol–water partition coefficient (Wildman–Crippen LogP) is 3.91. The molecule has 2 aromatic carbocycles. The van der Waals surface area contributed by atoms with Crippen LogP contribution in [0.25, 0.3) is 0 Å². The normalized spacial score (nSPS) is 11.3. The topological polar surface area (TPSA) is 56.8 Å². The van der Waals surface area contributed by atoms with Gasteiger partial charge in [-0.15, -0.1) is 0 Å². The summed E-state index contributed by atoms with van der Waals surface area (Å²) in [5, 5.41) is 18.1. The molecule has 3 nitrogen and oxygen atoms in total. The van der Waals surface area contributed by atoms with Gasteiger partial charge in [0.2, 0.25) is 0 Å². The lowest BCUT2D eigenvalue weighted by molar-refractivity contribution is 0.290. The molecule has 0 N–H and O–H groups in total. The summed E-state index contributed by atoms with van der Waals surface area (Å²) in [6.45, 7) is 0.109. The highest BCUT2D eigenvalue weighted by molar-refractivity contribution is 5.36. The van der Waals surface area contributed by atoms with Crippen molar-refractivity contribution in [1.82, 2.24) is 0 Å². The molecular weight excluding hydrogens is 286 g/mol. The van der Waals surface area contributed by atoms with Crippen LogP contribution in [0.3, 0.4) is 0 Å². The zero-order chi connectivity index (χ0) is 15.9. The minimum Gasteiger partial charge on any atom is -0.490 e. The second kappa shape index (κ2) is 7.19. The molecule has 1 unspecified atom stereocenters. The minimum absolute atomic E-state index is 0.0520. The highest BCUT2D eigenvalue weighted by atomic mass is 19.1. The van der Waals surface area contributed by atoms with Crippen LogP contribution >= 0.6 is 0 Å². The van der Waals surface area contributed by atoms with Crippen LogP contribution in [0.1, 0.15) is 23.5 Å². The SMILES string of the molecule is N#Cc1cccc(C(C#N)CCOc2ccc(F)cc2F)c1. The Kier molecular flexibility index (Phi) is 5.06. The number of rotatable bonds is 5. The Morgan fingerprint density at radius 3 is 2.59 bits per heavy atom. The molecule has 22 heavy (non-hydrogen) atoms. The van der Waals surface area contributed by atoms with Gasteiger partial charge in [0.1, 0.15) is 5.82 Å². The van der Waals surface area contributed by atoms with Crippen molar-refractivity contribution in [1.29, 1.82) is 10.5 Å². The lowest BCUT2D eigenvalue weighted by Gasteiger charge is -2.11. The molecule has 2 aromatic rings. The van der Waals surface area contributed by atoms with E-state index in [4.69, 9.17) is 10.00 Å². The van der Waals surface area contributed by atoms with Gasteiger partial charge in [0, 0.05) is 12.5 Å². The molecule has 0 aliphatic rings. The van der Waals surface area contributed by atoms with Gasteiger partial charge in [-0.1, -0.05) is 12.1 Å². The third-order valence-corrected chi connectivity index (χ3v) is 3.13. The van der Waals surface area contributed by atoms with E-state index in [-0.39, 0.29) is 12.4 Å². The van der Waals surface area contributed by atoms with Crippen LogP contribution < -0.4 is 4.74 Å². The van der Waals surface area contributed by atoms with Crippen LogP contribution in [0.5, 0.6) is 5.75 Å². The van der Waals surface area contributed by atoms with Crippen molar-refractivity contribution < 1.29 is 13.5 Å². The number of hydrogen-bond acceptors (Lipinski definition) is 3. The van der Waals surface area contributed by atoms with E-state index in [0.29, 0.717) is 17.5 Å². The third-order valence-electron chi connectivity index (χ3n) is 3.13. The second-order valence-corrected chi connectivity index (χ2v) is 4.63. The summed E-state index contributed by atoms with van der Waals surface area (Å²) in [5.74, 6) is -1.96. The van der Waals surface area contributed by atoms with E-state index < -0.39 is 17.6 Å². The molecule has 0 fully saturated rings. The summed E-state index contributed by atoms with van der Waals surface area (Å²) < 4.78 is 31.4. The average molecular weight is 298 g/mol. The Morgan fingerprint density at radius 2 is 1.91 bits per heavy atom. The third kappa shape index (κ3) is 3.80. The van der Waals surface area contributed by atoms with Crippen LogP contribution in [-0.2, 0) is 0 Å². The number of nitrogens with zero attached hydrogens (tertiary/aromatic N) is 2. The molecule has 0 bridgehead atoms. The van der Waals surface area contributed by atoms with Crippen molar-refractivity contribution >= 4 is 0 Å². The fourth-order valence-electron chi connectivity index (χ4n) is 2.01. The second-order valence-electron chi connectivity index (χ2n) is 4.63. The number of ether oxygens (including phenoxy) is 1. The van der Waals surface area contributed by atoms with E-state index in [1.807, 2.05) is 6.07 Å². The maximum absolute atomic E-state index is 13.4. The van der Waals surface area contributed by atoms with Gasteiger partial charge in [-0.05, 0) is 29.8 Å². The molecule has 0 aromatic heterocycles. The number of benzene rings is 2. The van der Waals surface area contributed by atoms with Gasteiger partial charge in [0.15, 0.2) is 11.6 Å². The summed E-state index contributed by atoms with van der Waals surface area (Å²) in [7, 11) is 0.